The highest BCUT2D eigenvalue weighted by Crippen LogP contribution is 2.35. The van der Waals surface area contributed by atoms with Crippen LogP contribution in [0.4, 0.5) is 5.69 Å². The third-order valence-corrected chi connectivity index (χ3v) is 5.10. The molecule has 0 bridgehead atoms. The molecule has 0 radical (unpaired) electrons. The summed E-state index contributed by atoms with van der Waals surface area (Å²) in [6.07, 6.45) is 5.50. The molecular weight excluding hydrogens is 318 g/mol. The number of pyridine rings is 1. The minimum atomic E-state index is -0.0447. The van der Waals surface area contributed by atoms with Crippen LogP contribution in [0.5, 0.6) is 0 Å². The molecule has 7 heteroatoms. The van der Waals surface area contributed by atoms with Crippen LogP contribution in [-0.2, 0) is 11.8 Å². The van der Waals surface area contributed by atoms with Crippen LogP contribution in [-0.4, -0.2) is 50.1 Å². The molecule has 0 saturated carbocycles. The lowest BCUT2D eigenvalue weighted by Crippen LogP contribution is -2.53. The summed E-state index contributed by atoms with van der Waals surface area (Å²) in [6.45, 7) is 2.53. The minimum Gasteiger partial charge on any atom is -0.332 e. The molecule has 2 aromatic heterocycles. The fourth-order valence-electron chi connectivity index (χ4n) is 3.99. The molecule has 0 spiro atoms. The molecular formula is C18H21N5O2. The van der Waals surface area contributed by atoms with Gasteiger partial charge in [0.05, 0.1) is 24.0 Å². The third-order valence-electron chi connectivity index (χ3n) is 5.10. The zero-order valence-electron chi connectivity index (χ0n) is 14.4. The fourth-order valence-corrected chi connectivity index (χ4v) is 3.99. The maximum absolute atomic E-state index is 12.9. The number of fused-ring (bicyclic) bond motifs is 1. The Hall–Kier alpha value is -2.70. The van der Waals surface area contributed by atoms with E-state index >= 15 is 0 Å². The van der Waals surface area contributed by atoms with Crippen LogP contribution in [0.3, 0.4) is 0 Å². The molecule has 2 atom stereocenters. The molecule has 2 aliphatic heterocycles. The van der Waals surface area contributed by atoms with Crippen LogP contribution in [0, 0.1) is 6.92 Å². The average Bonchev–Trinajstić information content (AvgIpc) is 3.20. The van der Waals surface area contributed by atoms with Crippen LogP contribution in [0.15, 0.2) is 30.6 Å². The normalized spacial score (nSPS) is 23.0. The molecule has 2 fully saturated rings. The Bertz CT molecular complexity index is 830. The van der Waals surface area contributed by atoms with Gasteiger partial charge in [0.25, 0.3) is 5.91 Å². The van der Waals surface area contributed by atoms with Crippen molar-refractivity contribution in [1.82, 2.24) is 19.7 Å². The summed E-state index contributed by atoms with van der Waals surface area (Å²) in [6, 6.07) is 5.55. The number of carbonyl (C=O) groups is 2. The predicted octanol–water partition coefficient (Wildman–Crippen LogP) is 1.53. The summed E-state index contributed by atoms with van der Waals surface area (Å²) in [4.78, 5) is 33.5. The van der Waals surface area contributed by atoms with Gasteiger partial charge >= 0.3 is 0 Å². The number of anilines is 1. The van der Waals surface area contributed by atoms with E-state index in [1.165, 1.54) is 0 Å². The molecule has 7 nitrogen and oxygen atoms in total. The second kappa shape index (κ2) is 5.98. The first-order valence-corrected chi connectivity index (χ1v) is 8.60. The van der Waals surface area contributed by atoms with Crippen molar-refractivity contribution in [2.75, 3.05) is 11.4 Å². The molecule has 2 aliphatic rings. The number of amides is 2. The average molecular weight is 339 g/mol. The van der Waals surface area contributed by atoms with Crippen molar-refractivity contribution in [2.24, 2.45) is 7.05 Å². The van der Waals surface area contributed by atoms with Gasteiger partial charge in [0, 0.05) is 31.9 Å². The van der Waals surface area contributed by atoms with E-state index in [0.717, 1.165) is 17.8 Å². The first kappa shape index (κ1) is 15.8. The van der Waals surface area contributed by atoms with Crippen LogP contribution in [0.1, 0.15) is 35.4 Å². The summed E-state index contributed by atoms with van der Waals surface area (Å²) in [5, 5.41) is 4.18. The van der Waals surface area contributed by atoms with E-state index in [0.29, 0.717) is 25.1 Å². The third kappa shape index (κ3) is 2.69. The molecule has 0 N–H and O–H groups in total. The first-order chi connectivity index (χ1) is 12.0. The van der Waals surface area contributed by atoms with E-state index in [-0.39, 0.29) is 23.9 Å². The van der Waals surface area contributed by atoms with E-state index in [1.807, 2.05) is 42.1 Å². The number of likely N-dealkylation sites (tertiary alicyclic amines) is 1. The highest BCUT2D eigenvalue weighted by molar-refractivity contribution is 5.97. The molecule has 0 aliphatic carbocycles. The van der Waals surface area contributed by atoms with E-state index in [1.54, 1.807) is 16.9 Å². The Morgan fingerprint density at radius 3 is 2.80 bits per heavy atom. The van der Waals surface area contributed by atoms with Crippen molar-refractivity contribution in [2.45, 2.75) is 38.3 Å². The summed E-state index contributed by atoms with van der Waals surface area (Å²) in [5.41, 5.74) is 2.12. The number of rotatable bonds is 2. The van der Waals surface area contributed by atoms with Gasteiger partial charge < -0.3 is 9.80 Å². The van der Waals surface area contributed by atoms with Gasteiger partial charge in [-0.1, -0.05) is 6.07 Å². The number of aromatic nitrogens is 3. The van der Waals surface area contributed by atoms with Crippen molar-refractivity contribution in [3.63, 3.8) is 0 Å². The maximum atomic E-state index is 12.9. The van der Waals surface area contributed by atoms with Crippen molar-refractivity contribution in [1.29, 1.82) is 0 Å². The highest BCUT2D eigenvalue weighted by Gasteiger charge is 2.46. The van der Waals surface area contributed by atoms with Gasteiger partial charge in [-0.2, -0.15) is 5.10 Å². The van der Waals surface area contributed by atoms with Crippen LogP contribution in [0.25, 0.3) is 0 Å². The molecule has 0 aromatic carbocycles. The van der Waals surface area contributed by atoms with Gasteiger partial charge in [-0.3, -0.25) is 14.3 Å². The lowest BCUT2D eigenvalue weighted by atomic mass is 9.95. The van der Waals surface area contributed by atoms with E-state index < -0.39 is 0 Å². The summed E-state index contributed by atoms with van der Waals surface area (Å²) in [7, 11) is 1.84. The Kier molecular flexibility index (Phi) is 3.78. The second-order valence-corrected chi connectivity index (χ2v) is 6.76. The number of nitrogens with zero attached hydrogens (tertiary/aromatic N) is 5. The largest absolute Gasteiger partial charge is 0.332 e. The summed E-state index contributed by atoms with van der Waals surface area (Å²) >= 11 is 0. The van der Waals surface area contributed by atoms with E-state index in [2.05, 4.69) is 10.1 Å². The van der Waals surface area contributed by atoms with Crippen molar-refractivity contribution in [3.8, 4) is 0 Å². The van der Waals surface area contributed by atoms with Gasteiger partial charge in [0.15, 0.2) is 0 Å². The highest BCUT2D eigenvalue weighted by atomic mass is 16.2. The smallest absolute Gasteiger partial charge is 0.272 e. The summed E-state index contributed by atoms with van der Waals surface area (Å²) < 4.78 is 1.70. The predicted molar refractivity (Wildman–Crippen MR) is 92.1 cm³/mol. The Labute approximate surface area is 146 Å². The van der Waals surface area contributed by atoms with Gasteiger partial charge in [-0.05, 0) is 31.9 Å². The lowest BCUT2D eigenvalue weighted by Gasteiger charge is -2.38. The number of hydrogen-bond donors (Lipinski definition) is 0. The van der Waals surface area contributed by atoms with Gasteiger partial charge in [-0.25, -0.2) is 4.98 Å². The van der Waals surface area contributed by atoms with Gasteiger partial charge in [-0.15, -0.1) is 0 Å². The van der Waals surface area contributed by atoms with Gasteiger partial charge in [0.2, 0.25) is 5.91 Å². The zero-order valence-corrected chi connectivity index (χ0v) is 14.4. The van der Waals surface area contributed by atoms with E-state index in [9.17, 15) is 9.59 Å². The number of piperidine rings is 1. The number of hydrogen-bond acceptors (Lipinski definition) is 4. The SMILES string of the molecule is Cc1cccc(C(=O)N2CC[C@H]3[C@H]2CCC(=O)N3c2cnn(C)c2)n1. The Morgan fingerprint density at radius 1 is 1.24 bits per heavy atom. The lowest BCUT2D eigenvalue weighted by molar-refractivity contribution is -0.120. The molecule has 4 rings (SSSR count). The topological polar surface area (TPSA) is 71.3 Å². The first-order valence-electron chi connectivity index (χ1n) is 8.60. The van der Waals surface area contributed by atoms with Crippen molar-refractivity contribution in [3.05, 3.63) is 42.0 Å². The van der Waals surface area contributed by atoms with E-state index in [4.69, 9.17) is 0 Å². The zero-order chi connectivity index (χ0) is 17.6. The molecule has 2 amide bonds. The monoisotopic (exact) mass is 339 g/mol. The maximum Gasteiger partial charge on any atom is 0.272 e. The van der Waals surface area contributed by atoms with Crippen LogP contribution < -0.4 is 4.90 Å². The molecule has 25 heavy (non-hydrogen) atoms. The molecule has 0 unspecified atom stereocenters. The molecule has 130 valence electrons. The second-order valence-electron chi connectivity index (χ2n) is 6.76. The Balaban J connectivity index is 1.61. The van der Waals surface area contributed by atoms with Crippen molar-refractivity contribution < 1.29 is 9.59 Å². The fraction of sp³-hybridized carbons (Fsp3) is 0.444. The van der Waals surface area contributed by atoms with Crippen molar-refractivity contribution >= 4 is 17.5 Å². The van der Waals surface area contributed by atoms with Crippen LogP contribution in [0.2, 0.25) is 0 Å². The molecule has 4 heterocycles. The number of carbonyl (C=O) groups excluding carboxylic acids is 2. The standard InChI is InChI=1S/C18H21N5O2/c1-12-4-3-5-14(20-12)18(25)22-9-8-16-15(22)6-7-17(24)23(16)13-10-19-21(2)11-13/h3-5,10-11,15-16H,6-9H2,1-2H3/t15-,16+/m1/s1. The summed E-state index contributed by atoms with van der Waals surface area (Å²) in [5.74, 6) is 0.0638. The van der Waals surface area contributed by atoms with Crippen LogP contribution >= 0.6 is 0 Å². The number of aryl methyl sites for hydroxylation is 2. The minimum absolute atomic E-state index is 0.0132. The Morgan fingerprint density at radius 2 is 2.08 bits per heavy atom. The molecule has 2 aromatic rings. The van der Waals surface area contributed by atoms with Gasteiger partial charge in [0.1, 0.15) is 5.69 Å². The molecule has 2 saturated heterocycles. The quantitative estimate of drug-likeness (QED) is 0.832.